The van der Waals surface area contributed by atoms with Crippen LogP contribution in [0.15, 0.2) is 23.2 Å². The summed E-state index contributed by atoms with van der Waals surface area (Å²) in [4.78, 5) is 21.1. The number of hydrogen-bond donors (Lipinski definition) is 2. The van der Waals surface area contributed by atoms with Gasteiger partial charge in [-0.15, -0.1) is 0 Å². The third-order valence-corrected chi connectivity index (χ3v) is 5.36. The molecule has 0 spiro atoms. The van der Waals surface area contributed by atoms with Crippen molar-refractivity contribution in [3.05, 3.63) is 29.6 Å². The Bertz CT molecular complexity index is 627. The molecule has 0 fully saturated rings. The number of aromatic carboxylic acids is 1. The number of aliphatic hydroxyl groups is 1. The molecule has 7 nitrogen and oxygen atoms in total. The van der Waals surface area contributed by atoms with E-state index in [2.05, 4.69) is 27.4 Å². The Hall–Kier alpha value is -1.35. The number of nitrogens with zero attached hydrogens (tertiary/aromatic N) is 3. The van der Waals surface area contributed by atoms with E-state index in [1.165, 1.54) is 18.9 Å². The van der Waals surface area contributed by atoms with E-state index >= 15 is 0 Å². The molecule has 0 atom stereocenters. The van der Waals surface area contributed by atoms with Crippen LogP contribution in [-0.4, -0.2) is 82.2 Å². The average Bonchev–Trinajstić information content (AvgIpc) is 2.71. The fourth-order valence-corrected chi connectivity index (χ4v) is 3.63. The zero-order valence-corrected chi connectivity index (χ0v) is 18.4. The second-order valence-corrected chi connectivity index (χ2v) is 7.84. The van der Waals surface area contributed by atoms with Crippen molar-refractivity contribution in [2.45, 2.75) is 32.2 Å². The Labute approximate surface area is 182 Å². The summed E-state index contributed by atoms with van der Waals surface area (Å²) in [5.41, 5.74) is 0.701. The molecule has 2 N–H and O–H groups in total. The van der Waals surface area contributed by atoms with Crippen LogP contribution in [0.1, 0.15) is 41.9 Å². The maximum absolute atomic E-state index is 11.0. The fourth-order valence-electron chi connectivity index (χ4n) is 2.61. The van der Waals surface area contributed by atoms with Crippen molar-refractivity contribution < 1.29 is 19.7 Å². The van der Waals surface area contributed by atoms with E-state index in [-0.39, 0.29) is 12.3 Å². The first-order valence-corrected chi connectivity index (χ1v) is 11.4. The Morgan fingerprint density at radius 2 is 2.03 bits per heavy atom. The van der Waals surface area contributed by atoms with Gasteiger partial charge in [-0.25, -0.2) is 14.8 Å². The molecule has 1 aromatic rings. The van der Waals surface area contributed by atoms with Gasteiger partial charge in [-0.2, -0.15) is 11.8 Å². The summed E-state index contributed by atoms with van der Waals surface area (Å²) in [7, 11) is 0. The van der Waals surface area contributed by atoms with Gasteiger partial charge >= 0.3 is 5.97 Å². The van der Waals surface area contributed by atoms with Crippen LogP contribution in [0.5, 0.6) is 0 Å². The Balaban J connectivity index is 2.10. The zero-order chi connectivity index (χ0) is 21.2. The molecule has 1 rings (SSSR count). The molecule has 0 unspecified atom stereocenters. The van der Waals surface area contributed by atoms with Crippen LogP contribution in [0.4, 0.5) is 0 Å². The number of isothiocyanates is 1. The molecule has 9 heteroatoms. The lowest BCUT2D eigenvalue weighted by atomic mass is 10.2. The SMILES string of the molecule is O=C(O)c1cccc(CN(CCO)CCOCCCSCCCCCN=C=S)n1. The number of carboxylic acid groups (broad SMARTS) is 1. The molecule has 162 valence electrons. The molecule has 0 saturated carbocycles. The van der Waals surface area contributed by atoms with E-state index in [4.69, 9.17) is 9.84 Å². The molecular formula is C20H31N3O4S2. The van der Waals surface area contributed by atoms with Gasteiger partial charge in [0, 0.05) is 32.8 Å². The highest BCUT2D eigenvalue weighted by atomic mass is 32.2. The van der Waals surface area contributed by atoms with Gasteiger partial charge in [-0.3, -0.25) is 4.90 Å². The van der Waals surface area contributed by atoms with Gasteiger partial charge in [-0.1, -0.05) is 12.5 Å². The van der Waals surface area contributed by atoms with Crippen LogP contribution in [0.3, 0.4) is 0 Å². The number of carboxylic acids is 1. The van der Waals surface area contributed by atoms with E-state index < -0.39 is 5.97 Å². The molecular weight excluding hydrogens is 410 g/mol. The minimum absolute atomic E-state index is 0.0312. The number of aliphatic imine (C=N–C) groups is 1. The number of ether oxygens (including phenoxy) is 1. The minimum atomic E-state index is -1.04. The molecule has 0 bridgehead atoms. The first-order valence-electron chi connectivity index (χ1n) is 9.89. The largest absolute Gasteiger partial charge is 0.477 e. The van der Waals surface area contributed by atoms with Crippen molar-refractivity contribution in [3.8, 4) is 0 Å². The average molecular weight is 442 g/mol. The molecule has 29 heavy (non-hydrogen) atoms. The van der Waals surface area contributed by atoms with Gasteiger partial charge in [0.2, 0.25) is 0 Å². The smallest absolute Gasteiger partial charge is 0.354 e. The van der Waals surface area contributed by atoms with Crippen molar-refractivity contribution in [1.82, 2.24) is 9.88 Å². The van der Waals surface area contributed by atoms with Gasteiger partial charge < -0.3 is 14.9 Å². The zero-order valence-electron chi connectivity index (χ0n) is 16.8. The molecule has 0 aliphatic rings. The highest BCUT2D eigenvalue weighted by molar-refractivity contribution is 7.99. The van der Waals surface area contributed by atoms with Crippen molar-refractivity contribution in [2.75, 3.05) is 51.0 Å². The van der Waals surface area contributed by atoms with E-state index in [1.54, 1.807) is 12.1 Å². The maximum Gasteiger partial charge on any atom is 0.354 e. The maximum atomic E-state index is 11.0. The lowest BCUT2D eigenvalue weighted by Crippen LogP contribution is -2.30. The molecule has 0 saturated heterocycles. The van der Waals surface area contributed by atoms with E-state index in [9.17, 15) is 9.90 Å². The van der Waals surface area contributed by atoms with Crippen LogP contribution < -0.4 is 0 Å². The second-order valence-electron chi connectivity index (χ2n) is 6.43. The summed E-state index contributed by atoms with van der Waals surface area (Å²) in [5.74, 6) is 1.21. The normalized spacial score (nSPS) is 10.8. The topological polar surface area (TPSA) is 95.2 Å². The highest BCUT2D eigenvalue weighted by Crippen LogP contribution is 2.08. The first-order chi connectivity index (χ1) is 14.2. The summed E-state index contributed by atoms with van der Waals surface area (Å²) in [6.07, 6.45) is 4.47. The van der Waals surface area contributed by atoms with Crippen molar-refractivity contribution in [1.29, 1.82) is 0 Å². The number of thioether (sulfide) groups is 1. The summed E-state index contributed by atoms with van der Waals surface area (Å²) < 4.78 is 5.70. The second kappa shape index (κ2) is 17.5. The Kier molecular flexibility index (Phi) is 15.5. The van der Waals surface area contributed by atoms with E-state index in [0.717, 1.165) is 37.5 Å². The summed E-state index contributed by atoms with van der Waals surface area (Å²) in [5, 5.41) is 20.7. The van der Waals surface area contributed by atoms with Crippen molar-refractivity contribution >= 4 is 35.1 Å². The van der Waals surface area contributed by atoms with Crippen LogP contribution in [-0.2, 0) is 11.3 Å². The summed E-state index contributed by atoms with van der Waals surface area (Å²) >= 11 is 6.48. The monoisotopic (exact) mass is 441 g/mol. The molecule has 1 heterocycles. The number of thiocarbonyl (C=S) groups is 1. The summed E-state index contributed by atoms with van der Waals surface area (Å²) in [6.45, 7) is 3.75. The van der Waals surface area contributed by atoms with Crippen molar-refractivity contribution in [3.63, 3.8) is 0 Å². The fraction of sp³-hybridized carbons (Fsp3) is 0.650. The van der Waals surface area contributed by atoms with E-state index in [0.29, 0.717) is 31.9 Å². The molecule has 0 aromatic carbocycles. The number of aliphatic hydroxyl groups excluding tert-OH is 1. The van der Waals surface area contributed by atoms with Crippen LogP contribution >= 0.6 is 24.0 Å². The van der Waals surface area contributed by atoms with Gasteiger partial charge in [-0.05, 0) is 55.1 Å². The molecule has 1 aromatic heterocycles. The number of rotatable bonds is 18. The number of unbranched alkanes of at least 4 members (excludes halogenated alkanes) is 2. The number of carbonyl (C=O) groups is 1. The number of hydrogen-bond acceptors (Lipinski definition) is 8. The van der Waals surface area contributed by atoms with E-state index in [1.807, 2.05) is 16.7 Å². The van der Waals surface area contributed by atoms with Gasteiger partial charge in [0.05, 0.1) is 24.1 Å². The van der Waals surface area contributed by atoms with Crippen LogP contribution in [0.25, 0.3) is 0 Å². The predicted octanol–water partition coefficient (Wildman–Crippen LogP) is 2.99. The lowest BCUT2D eigenvalue weighted by Gasteiger charge is -2.21. The first kappa shape index (κ1) is 25.7. The Morgan fingerprint density at radius 3 is 2.79 bits per heavy atom. The molecule has 0 radical (unpaired) electrons. The van der Waals surface area contributed by atoms with Crippen LogP contribution in [0, 0.1) is 0 Å². The van der Waals surface area contributed by atoms with Gasteiger partial charge in [0.1, 0.15) is 5.69 Å². The van der Waals surface area contributed by atoms with Gasteiger partial charge in [0.15, 0.2) is 0 Å². The summed E-state index contributed by atoms with van der Waals surface area (Å²) in [6, 6.07) is 4.95. The van der Waals surface area contributed by atoms with Gasteiger partial charge in [0.25, 0.3) is 0 Å². The minimum Gasteiger partial charge on any atom is -0.477 e. The lowest BCUT2D eigenvalue weighted by molar-refractivity contribution is 0.0688. The molecule has 0 aliphatic heterocycles. The van der Waals surface area contributed by atoms with Crippen molar-refractivity contribution in [2.24, 2.45) is 4.99 Å². The third-order valence-electron chi connectivity index (χ3n) is 4.08. The quantitative estimate of drug-likeness (QED) is 0.204. The molecule has 0 aliphatic carbocycles. The number of aromatic nitrogens is 1. The predicted molar refractivity (Wildman–Crippen MR) is 120 cm³/mol. The Morgan fingerprint density at radius 1 is 1.21 bits per heavy atom. The highest BCUT2D eigenvalue weighted by Gasteiger charge is 2.09. The third kappa shape index (κ3) is 13.5. The standard InChI is InChI=1S/C20H31N3O4S2/c24-11-9-23(16-18-6-4-7-19(22-18)20(25)26)10-13-27-12-5-15-29-14-3-1-2-8-21-17-28/h4,6-7,24H,1-3,5,8-16H2,(H,25,26). The van der Waals surface area contributed by atoms with Crippen LogP contribution in [0.2, 0.25) is 0 Å². The number of pyridine rings is 1. The molecule has 0 amide bonds.